The molecule has 1 rings (SSSR count). The van der Waals surface area contributed by atoms with Crippen LogP contribution in [0.1, 0.15) is 37.9 Å². The summed E-state index contributed by atoms with van der Waals surface area (Å²) in [6.45, 7) is 8.93. The monoisotopic (exact) mass is 292 g/mol. The lowest BCUT2D eigenvalue weighted by Gasteiger charge is -2.26. The first-order chi connectivity index (χ1) is 8.51. The van der Waals surface area contributed by atoms with E-state index < -0.39 is 27.8 Å². The first kappa shape index (κ1) is 16.3. The van der Waals surface area contributed by atoms with Crippen molar-refractivity contribution < 1.29 is 17.7 Å². The number of nitrogens with one attached hydrogen (secondary N) is 1. The predicted octanol–water partition coefficient (Wildman–Crippen LogP) is 3.63. The molecule has 0 aliphatic heterocycles. The van der Waals surface area contributed by atoms with Crippen LogP contribution >= 0.6 is 0 Å². The summed E-state index contributed by atoms with van der Waals surface area (Å²) in [5.41, 5.74) is -0.0485. The molecule has 2 nitrogen and oxygen atoms in total. The molecular formula is C13H17F3NOS. The SMILES string of the molecule is [CH2]C(C)(C)[S+]([O-])N[C@H](C)c1ccc(C(F)(F)F)cc1. The Morgan fingerprint density at radius 3 is 2.05 bits per heavy atom. The van der Waals surface area contributed by atoms with Crippen LogP contribution in [-0.2, 0) is 17.5 Å². The first-order valence-corrected chi connectivity index (χ1v) is 6.87. The topological polar surface area (TPSA) is 35.1 Å². The van der Waals surface area contributed by atoms with Crippen molar-refractivity contribution in [2.45, 2.75) is 37.7 Å². The Balaban J connectivity index is 2.76. The molecule has 0 amide bonds. The Morgan fingerprint density at radius 2 is 1.68 bits per heavy atom. The van der Waals surface area contributed by atoms with Crippen LogP contribution in [0.5, 0.6) is 0 Å². The summed E-state index contributed by atoms with van der Waals surface area (Å²) in [6.07, 6.45) is -4.34. The van der Waals surface area contributed by atoms with E-state index in [9.17, 15) is 17.7 Å². The lowest BCUT2D eigenvalue weighted by atomic mass is 10.1. The second kappa shape index (κ2) is 5.73. The maximum atomic E-state index is 12.4. The standard InChI is InChI=1S/C13H17F3NOS/c1-9(17-19(18)12(2,3)4)10-5-7-11(8-6-10)13(14,15)16/h5-9,17H,2H2,1,3-4H3/t9-,19?/m1/s1. The highest BCUT2D eigenvalue weighted by Gasteiger charge is 2.31. The largest absolute Gasteiger partial charge is 0.598 e. The molecule has 0 fully saturated rings. The Morgan fingerprint density at radius 1 is 1.21 bits per heavy atom. The molecule has 0 heterocycles. The molecule has 1 aromatic rings. The van der Waals surface area contributed by atoms with Crippen molar-refractivity contribution >= 4 is 11.4 Å². The van der Waals surface area contributed by atoms with Crippen molar-refractivity contribution in [2.24, 2.45) is 0 Å². The van der Waals surface area contributed by atoms with Crippen molar-refractivity contribution in [3.05, 3.63) is 42.3 Å². The van der Waals surface area contributed by atoms with E-state index in [4.69, 9.17) is 0 Å². The van der Waals surface area contributed by atoms with Crippen LogP contribution in [0.4, 0.5) is 13.2 Å². The summed E-state index contributed by atoms with van der Waals surface area (Å²) < 4.78 is 51.2. The molecule has 0 aromatic heterocycles. The zero-order valence-corrected chi connectivity index (χ0v) is 11.9. The van der Waals surface area contributed by atoms with Gasteiger partial charge in [0.05, 0.1) is 11.6 Å². The Labute approximate surface area is 114 Å². The molecule has 1 unspecified atom stereocenters. The lowest BCUT2D eigenvalue weighted by Crippen LogP contribution is -2.40. The van der Waals surface area contributed by atoms with E-state index in [2.05, 4.69) is 11.6 Å². The zero-order chi connectivity index (χ0) is 14.8. The molecule has 19 heavy (non-hydrogen) atoms. The summed E-state index contributed by atoms with van der Waals surface area (Å²) in [5, 5.41) is 0. The second-order valence-corrected chi connectivity index (χ2v) is 6.87. The fraction of sp³-hybridized carbons (Fsp3) is 0.462. The summed E-state index contributed by atoms with van der Waals surface area (Å²) >= 11 is -1.37. The molecule has 6 heteroatoms. The number of benzene rings is 1. The molecule has 0 saturated heterocycles. The highest BCUT2D eigenvalue weighted by molar-refractivity contribution is 7.90. The van der Waals surface area contributed by atoms with Gasteiger partial charge in [-0.1, -0.05) is 12.1 Å². The molecule has 0 bridgehead atoms. The van der Waals surface area contributed by atoms with Crippen molar-refractivity contribution in [3.8, 4) is 0 Å². The molecule has 1 N–H and O–H groups in total. The van der Waals surface area contributed by atoms with E-state index >= 15 is 0 Å². The van der Waals surface area contributed by atoms with Crippen LogP contribution in [0, 0.1) is 6.92 Å². The molecule has 2 atom stereocenters. The smallest absolute Gasteiger partial charge is 0.416 e. The van der Waals surface area contributed by atoms with Crippen LogP contribution in [0.15, 0.2) is 24.3 Å². The third-order valence-electron chi connectivity index (χ3n) is 2.52. The number of hydrogen-bond donors (Lipinski definition) is 1. The van der Waals surface area contributed by atoms with Crippen LogP contribution in [-0.4, -0.2) is 9.30 Å². The van der Waals surface area contributed by atoms with Gasteiger partial charge >= 0.3 is 6.18 Å². The lowest BCUT2D eigenvalue weighted by molar-refractivity contribution is -0.137. The van der Waals surface area contributed by atoms with Crippen LogP contribution in [0.25, 0.3) is 0 Å². The van der Waals surface area contributed by atoms with E-state index in [1.807, 2.05) is 0 Å². The van der Waals surface area contributed by atoms with Gasteiger partial charge in [0.15, 0.2) is 0 Å². The van der Waals surface area contributed by atoms with Gasteiger partial charge in [0.2, 0.25) is 0 Å². The predicted molar refractivity (Wildman–Crippen MR) is 70.6 cm³/mol. The van der Waals surface area contributed by atoms with Gasteiger partial charge in [0.1, 0.15) is 4.75 Å². The highest BCUT2D eigenvalue weighted by atomic mass is 32.2. The maximum Gasteiger partial charge on any atom is 0.416 e. The van der Waals surface area contributed by atoms with E-state index in [0.29, 0.717) is 5.56 Å². The number of rotatable bonds is 4. The van der Waals surface area contributed by atoms with Gasteiger partial charge < -0.3 is 4.55 Å². The normalized spacial score (nSPS) is 16.2. The fourth-order valence-electron chi connectivity index (χ4n) is 1.35. The van der Waals surface area contributed by atoms with Gasteiger partial charge in [-0.25, -0.2) is 0 Å². The van der Waals surface area contributed by atoms with E-state index in [1.54, 1.807) is 20.8 Å². The molecule has 1 radical (unpaired) electrons. The molecule has 107 valence electrons. The van der Waals surface area contributed by atoms with Gasteiger partial charge in [-0.15, -0.1) is 4.72 Å². The van der Waals surface area contributed by atoms with Gasteiger partial charge in [-0.2, -0.15) is 13.2 Å². The summed E-state index contributed by atoms with van der Waals surface area (Å²) in [4.78, 5) is 0. The van der Waals surface area contributed by atoms with Gasteiger partial charge in [-0.3, -0.25) is 0 Å². The quantitative estimate of drug-likeness (QED) is 0.860. The zero-order valence-electron chi connectivity index (χ0n) is 11.0. The summed E-state index contributed by atoms with van der Waals surface area (Å²) in [7, 11) is 0. The van der Waals surface area contributed by atoms with Crippen LogP contribution in [0.2, 0.25) is 0 Å². The Kier molecular flexibility index (Phi) is 4.92. The number of halogens is 3. The minimum Gasteiger partial charge on any atom is -0.598 e. The average molecular weight is 292 g/mol. The molecule has 0 aliphatic rings. The number of alkyl halides is 3. The van der Waals surface area contributed by atoms with Gasteiger partial charge in [0.25, 0.3) is 0 Å². The Bertz CT molecular complexity index is 411. The van der Waals surface area contributed by atoms with E-state index in [0.717, 1.165) is 12.1 Å². The van der Waals surface area contributed by atoms with Crippen LogP contribution < -0.4 is 4.72 Å². The minimum absolute atomic E-state index is 0.316. The third kappa shape index (κ3) is 4.71. The molecule has 0 spiro atoms. The van der Waals surface area contributed by atoms with Crippen molar-refractivity contribution in [2.75, 3.05) is 0 Å². The van der Waals surface area contributed by atoms with E-state index in [1.165, 1.54) is 12.1 Å². The van der Waals surface area contributed by atoms with Crippen molar-refractivity contribution in [3.63, 3.8) is 0 Å². The van der Waals surface area contributed by atoms with Crippen molar-refractivity contribution in [1.29, 1.82) is 0 Å². The minimum atomic E-state index is -4.34. The van der Waals surface area contributed by atoms with Crippen molar-refractivity contribution in [1.82, 2.24) is 4.72 Å². The number of hydrogen-bond acceptors (Lipinski definition) is 2. The molecular weight excluding hydrogens is 275 g/mol. The van der Waals surface area contributed by atoms with Gasteiger partial charge in [-0.05, 0) is 38.5 Å². The average Bonchev–Trinajstić information content (AvgIpc) is 2.26. The fourth-order valence-corrected chi connectivity index (χ4v) is 2.13. The molecule has 0 saturated carbocycles. The van der Waals surface area contributed by atoms with Crippen LogP contribution in [0.3, 0.4) is 0 Å². The highest BCUT2D eigenvalue weighted by Crippen LogP contribution is 2.30. The Hall–Kier alpha value is -0.720. The van der Waals surface area contributed by atoms with E-state index in [-0.39, 0.29) is 6.04 Å². The first-order valence-electron chi connectivity index (χ1n) is 5.72. The summed E-state index contributed by atoms with van der Waals surface area (Å²) in [5.74, 6) is 0. The molecule has 1 aromatic carbocycles. The summed E-state index contributed by atoms with van der Waals surface area (Å²) in [6, 6.07) is 4.49. The maximum absolute atomic E-state index is 12.4. The second-order valence-electron chi connectivity index (χ2n) is 4.99. The van der Waals surface area contributed by atoms with Gasteiger partial charge in [0, 0.05) is 18.3 Å². The molecule has 0 aliphatic carbocycles. The third-order valence-corrected chi connectivity index (χ3v) is 4.10.